The van der Waals surface area contributed by atoms with Gasteiger partial charge in [-0.05, 0) is 5.56 Å². The van der Waals surface area contributed by atoms with E-state index in [0.717, 1.165) is 5.56 Å². The molecule has 7 heteroatoms. The van der Waals surface area contributed by atoms with Crippen LogP contribution in [-0.4, -0.2) is 67.7 Å². The summed E-state index contributed by atoms with van der Waals surface area (Å²) in [5.41, 5.74) is 6.46. The first-order chi connectivity index (χ1) is 11.2. The fourth-order valence-electron chi connectivity index (χ4n) is 2.58. The van der Waals surface area contributed by atoms with Crippen LogP contribution in [0.5, 0.6) is 0 Å². The van der Waals surface area contributed by atoms with Crippen LogP contribution in [0, 0.1) is 0 Å². The maximum atomic E-state index is 12.3. The van der Waals surface area contributed by atoms with Crippen molar-refractivity contribution in [3.63, 3.8) is 0 Å². The molecule has 0 saturated carbocycles. The first-order valence-electron chi connectivity index (χ1n) is 7.63. The molecule has 0 bridgehead atoms. The first-order valence-corrected chi connectivity index (χ1v) is 7.63. The topological polar surface area (TPSA) is 85.1 Å². The normalized spacial score (nSPS) is 18.5. The minimum atomic E-state index is -0.663. The van der Waals surface area contributed by atoms with Gasteiger partial charge in [0.2, 0.25) is 0 Å². The van der Waals surface area contributed by atoms with Gasteiger partial charge in [0.1, 0.15) is 12.6 Å². The lowest BCUT2D eigenvalue weighted by Gasteiger charge is -2.38. The van der Waals surface area contributed by atoms with Crippen molar-refractivity contribution in [3.05, 3.63) is 35.9 Å². The van der Waals surface area contributed by atoms with Crippen LogP contribution in [0.2, 0.25) is 0 Å². The molecule has 1 atom stereocenters. The van der Waals surface area contributed by atoms with E-state index in [1.807, 2.05) is 35.2 Å². The van der Waals surface area contributed by atoms with Gasteiger partial charge in [0, 0.05) is 32.7 Å². The smallest absolute Gasteiger partial charge is 0.410 e. The molecule has 1 heterocycles. The lowest BCUT2D eigenvalue weighted by molar-refractivity contribution is -0.148. The number of hydrogen-bond acceptors (Lipinski definition) is 6. The molecular formula is C16H23N3O4. The van der Waals surface area contributed by atoms with E-state index in [1.165, 1.54) is 12.0 Å². The van der Waals surface area contributed by atoms with Crippen LogP contribution in [0.15, 0.2) is 30.3 Å². The quantitative estimate of drug-likeness (QED) is 0.792. The number of nitrogens with two attached hydrogens (primary N) is 1. The predicted molar refractivity (Wildman–Crippen MR) is 84.6 cm³/mol. The Labute approximate surface area is 135 Å². The van der Waals surface area contributed by atoms with Crippen molar-refractivity contribution in [2.45, 2.75) is 12.6 Å². The number of ether oxygens (including phenoxy) is 2. The monoisotopic (exact) mass is 321 g/mol. The Morgan fingerprint density at radius 3 is 2.65 bits per heavy atom. The summed E-state index contributed by atoms with van der Waals surface area (Å²) in [6.07, 6.45) is -0.503. The Bertz CT molecular complexity index is 523. The molecule has 0 radical (unpaired) electrons. The molecule has 23 heavy (non-hydrogen) atoms. The SMILES string of the molecule is COC(=O)[C@H]1CN(CCN)CCN1C(=O)OCc1ccccc1. The third-order valence-electron chi connectivity index (χ3n) is 3.82. The molecule has 2 rings (SSSR count). The minimum Gasteiger partial charge on any atom is -0.467 e. The minimum absolute atomic E-state index is 0.177. The van der Waals surface area contributed by atoms with Gasteiger partial charge in [-0.15, -0.1) is 0 Å². The zero-order chi connectivity index (χ0) is 16.7. The van der Waals surface area contributed by atoms with E-state index in [0.29, 0.717) is 32.7 Å². The summed E-state index contributed by atoms with van der Waals surface area (Å²) in [7, 11) is 1.32. The Hall–Kier alpha value is -2.12. The second kappa shape index (κ2) is 8.50. The summed E-state index contributed by atoms with van der Waals surface area (Å²) >= 11 is 0. The number of carbonyl (C=O) groups is 2. The molecule has 1 amide bonds. The molecule has 1 aromatic carbocycles. The van der Waals surface area contributed by atoms with Crippen molar-refractivity contribution in [3.8, 4) is 0 Å². The number of amides is 1. The van der Waals surface area contributed by atoms with Crippen molar-refractivity contribution in [1.82, 2.24) is 9.80 Å². The number of rotatable bonds is 5. The number of hydrogen-bond donors (Lipinski definition) is 1. The number of methoxy groups -OCH3 is 1. The van der Waals surface area contributed by atoms with E-state index in [1.54, 1.807) is 0 Å². The van der Waals surface area contributed by atoms with E-state index < -0.39 is 18.1 Å². The molecule has 0 aromatic heterocycles. The van der Waals surface area contributed by atoms with Gasteiger partial charge in [-0.1, -0.05) is 30.3 Å². The van der Waals surface area contributed by atoms with Gasteiger partial charge in [0.25, 0.3) is 0 Å². The van der Waals surface area contributed by atoms with Gasteiger partial charge in [-0.2, -0.15) is 0 Å². The van der Waals surface area contributed by atoms with Crippen LogP contribution < -0.4 is 5.73 Å². The maximum Gasteiger partial charge on any atom is 0.410 e. The highest BCUT2D eigenvalue weighted by Gasteiger charge is 2.36. The molecule has 7 nitrogen and oxygen atoms in total. The second-order valence-corrected chi connectivity index (χ2v) is 5.36. The second-order valence-electron chi connectivity index (χ2n) is 5.36. The average Bonchev–Trinajstić information content (AvgIpc) is 2.60. The van der Waals surface area contributed by atoms with Crippen LogP contribution in [0.4, 0.5) is 4.79 Å². The highest BCUT2D eigenvalue weighted by atomic mass is 16.6. The van der Waals surface area contributed by atoms with Crippen LogP contribution in [0.3, 0.4) is 0 Å². The van der Waals surface area contributed by atoms with Crippen molar-refractivity contribution in [1.29, 1.82) is 0 Å². The van der Waals surface area contributed by atoms with Crippen LogP contribution >= 0.6 is 0 Å². The van der Waals surface area contributed by atoms with E-state index in [4.69, 9.17) is 15.2 Å². The average molecular weight is 321 g/mol. The maximum absolute atomic E-state index is 12.3. The zero-order valence-electron chi connectivity index (χ0n) is 13.3. The standard InChI is InChI=1S/C16H23N3O4/c1-22-15(20)14-11-18(8-7-17)9-10-19(14)16(21)23-12-13-5-3-2-4-6-13/h2-6,14H,7-12,17H2,1H3/t14-/m1/s1. The number of nitrogens with zero attached hydrogens (tertiary/aromatic N) is 2. The predicted octanol–water partition coefficient (Wildman–Crippen LogP) is 0.441. The Morgan fingerprint density at radius 2 is 2.00 bits per heavy atom. The van der Waals surface area contributed by atoms with Crippen molar-refractivity contribution >= 4 is 12.1 Å². The van der Waals surface area contributed by atoms with E-state index in [-0.39, 0.29) is 6.61 Å². The van der Waals surface area contributed by atoms with Gasteiger partial charge in [-0.3, -0.25) is 9.80 Å². The highest BCUT2D eigenvalue weighted by Crippen LogP contribution is 2.14. The number of carbonyl (C=O) groups excluding carboxylic acids is 2. The molecule has 1 fully saturated rings. The molecule has 1 aromatic rings. The van der Waals surface area contributed by atoms with Crippen molar-refractivity contribution < 1.29 is 19.1 Å². The fraction of sp³-hybridized carbons (Fsp3) is 0.500. The Kier molecular flexibility index (Phi) is 6.37. The summed E-state index contributed by atoms with van der Waals surface area (Å²) in [6.45, 7) is 2.84. The summed E-state index contributed by atoms with van der Waals surface area (Å²) in [5.74, 6) is -0.441. The van der Waals surface area contributed by atoms with Gasteiger partial charge in [-0.25, -0.2) is 9.59 Å². The molecule has 2 N–H and O–H groups in total. The first kappa shape index (κ1) is 17.2. The van der Waals surface area contributed by atoms with E-state index in [9.17, 15) is 9.59 Å². The molecule has 126 valence electrons. The molecule has 0 aliphatic carbocycles. The summed E-state index contributed by atoms with van der Waals surface area (Å²) < 4.78 is 10.1. The van der Waals surface area contributed by atoms with E-state index in [2.05, 4.69) is 0 Å². The van der Waals surface area contributed by atoms with Gasteiger partial charge in [0.05, 0.1) is 7.11 Å². The van der Waals surface area contributed by atoms with Crippen LogP contribution in [-0.2, 0) is 20.9 Å². The Morgan fingerprint density at radius 1 is 1.26 bits per heavy atom. The van der Waals surface area contributed by atoms with Gasteiger partial charge < -0.3 is 15.2 Å². The third-order valence-corrected chi connectivity index (χ3v) is 3.82. The zero-order valence-corrected chi connectivity index (χ0v) is 13.3. The lowest BCUT2D eigenvalue weighted by Crippen LogP contribution is -2.59. The van der Waals surface area contributed by atoms with Gasteiger partial charge >= 0.3 is 12.1 Å². The highest BCUT2D eigenvalue weighted by molar-refractivity contribution is 5.82. The van der Waals surface area contributed by atoms with Crippen LogP contribution in [0.1, 0.15) is 5.56 Å². The van der Waals surface area contributed by atoms with E-state index >= 15 is 0 Å². The molecular weight excluding hydrogens is 298 g/mol. The molecule has 0 spiro atoms. The largest absolute Gasteiger partial charge is 0.467 e. The summed E-state index contributed by atoms with van der Waals surface area (Å²) in [6, 6.07) is 8.76. The van der Waals surface area contributed by atoms with Gasteiger partial charge in [0.15, 0.2) is 0 Å². The fourth-order valence-corrected chi connectivity index (χ4v) is 2.58. The molecule has 0 unspecified atom stereocenters. The summed E-state index contributed by atoms with van der Waals surface area (Å²) in [4.78, 5) is 27.8. The molecule has 1 saturated heterocycles. The number of benzene rings is 1. The Balaban J connectivity index is 1.97. The third kappa shape index (κ3) is 4.67. The number of piperazine rings is 1. The summed E-state index contributed by atoms with van der Waals surface area (Å²) in [5, 5.41) is 0. The van der Waals surface area contributed by atoms with Crippen LogP contribution in [0.25, 0.3) is 0 Å². The lowest BCUT2D eigenvalue weighted by atomic mass is 10.1. The van der Waals surface area contributed by atoms with Crippen molar-refractivity contribution in [2.75, 3.05) is 39.8 Å². The molecule has 1 aliphatic rings. The number of esters is 1. The van der Waals surface area contributed by atoms with Crippen molar-refractivity contribution in [2.24, 2.45) is 5.73 Å². The molecule has 1 aliphatic heterocycles.